The summed E-state index contributed by atoms with van der Waals surface area (Å²) in [5, 5.41) is 8.42. The molecule has 0 bridgehead atoms. The molecule has 0 saturated carbocycles. The van der Waals surface area contributed by atoms with Crippen molar-refractivity contribution in [3.63, 3.8) is 0 Å². The van der Waals surface area contributed by atoms with Gasteiger partial charge in [-0.2, -0.15) is 10.1 Å². The van der Waals surface area contributed by atoms with Gasteiger partial charge in [0.15, 0.2) is 4.77 Å². The Morgan fingerprint density at radius 2 is 1.82 bits per heavy atom. The minimum atomic E-state index is 0.598. The number of benzene rings is 1. The molecule has 4 rings (SSSR count). The summed E-state index contributed by atoms with van der Waals surface area (Å²) in [4.78, 5) is 9.19. The molecule has 3 aromatic rings. The first-order valence-electron chi connectivity index (χ1n) is 9.12. The molecule has 1 saturated heterocycles. The highest BCUT2D eigenvalue weighted by atomic mass is 32.1. The van der Waals surface area contributed by atoms with Gasteiger partial charge in [0.25, 0.3) is 0 Å². The predicted molar refractivity (Wildman–Crippen MR) is 105 cm³/mol. The van der Waals surface area contributed by atoms with Gasteiger partial charge in [0, 0.05) is 38.8 Å². The zero-order valence-corrected chi connectivity index (χ0v) is 16.8. The van der Waals surface area contributed by atoms with Gasteiger partial charge in [-0.1, -0.05) is 5.16 Å². The second-order valence-electron chi connectivity index (χ2n) is 6.80. The van der Waals surface area contributed by atoms with Crippen molar-refractivity contribution in [3.05, 3.63) is 41.3 Å². The molecule has 1 aliphatic rings. The molecule has 0 aliphatic carbocycles. The van der Waals surface area contributed by atoms with E-state index in [4.69, 9.17) is 21.5 Å². The third-order valence-electron chi connectivity index (χ3n) is 4.86. The Bertz CT molecular complexity index is 970. The molecule has 28 heavy (non-hydrogen) atoms. The van der Waals surface area contributed by atoms with Crippen molar-refractivity contribution in [2.75, 3.05) is 33.3 Å². The van der Waals surface area contributed by atoms with Gasteiger partial charge in [0.2, 0.25) is 11.7 Å². The molecule has 10 heteroatoms. The molecule has 148 valence electrons. The number of piperazine rings is 1. The summed E-state index contributed by atoms with van der Waals surface area (Å²) in [6.45, 7) is 5.12. The normalized spacial score (nSPS) is 15.8. The third-order valence-corrected chi connectivity index (χ3v) is 5.36. The molecule has 0 amide bonds. The van der Waals surface area contributed by atoms with E-state index in [2.05, 4.69) is 25.0 Å². The van der Waals surface area contributed by atoms with Crippen LogP contribution in [-0.4, -0.2) is 67.6 Å². The Balaban J connectivity index is 1.30. The Morgan fingerprint density at radius 1 is 1.11 bits per heavy atom. The lowest BCUT2D eigenvalue weighted by atomic mass is 10.2. The number of hydrogen-bond donors (Lipinski definition) is 0. The number of aromatic nitrogens is 5. The molecule has 1 aromatic carbocycles. The highest BCUT2D eigenvalue weighted by Gasteiger charge is 2.20. The molecule has 0 unspecified atom stereocenters. The fraction of sp³-hybridized carbons (Fsp3) is 0.444. The molecule has 0 atom stereocenters. The van der Waals surface area contributed by atoms with E-state index in [0.717, 1.165) is 48.9 Å². The first-order chi connectivity index (χ1) is 13.6. The number of aryl methyl sites for hydroxylation is 1. The SMILES string of the molecule is COc1ccc(-c2noc(CN3CCN(Cn4ncn(C)c4=S)CC3)n2)cc1. The van der Waals surface area contributed by atoms with Gasteiger partial charge in [-0.05, 0) is 36.5 Å². The predicted octanol–water partition coefficient (Wildman–Crippen LogP) is 1.78. The standard InChI is InChI=1S/C18H23N7O2S/c1-22-12-19-25(18(22)28)13-24-9-7-23(8-10-24)11-16-20-17(21-27-16)14-3-5-15(26-2)6-4-14/h3-6,12H,7-11,13H2,1-2H3. The summed E-state index contributed by atoms with van der Waals surface area (Å²) in [5.41, 5.74) is 0.910. The van der Waals surface area contributed by atoms with Crippen molar-refractivity contribution in [3.8, 4) is 17.1 Å². The molecule has 2 aromatic heterocycles. The van der Waals surface area contributed by atoms with Crippen LogP contribution in [0, 0.1) is 4.77 Å². The average molecular weight is 401 g/mol. The van der Waals surface area contributed by atoms with Crippen LogP contribution in [0.1, 0.15) is 5.89 Å². The van der Waals surface area contributed by atoms with Crippen LogP contribution in [0.25, 0.3) is 11.4 Å². The van der Waals surface area contributed by atoms with Gasteiger partial charge in [-0.15, -0.1) is 0 Å². The zero-order chi connectivity index (χ0) is 19.5. The van der Waals surface area contributed by atoms with E-state index in [-0.39, 0.29) is 0 Å². The maximum atomic E-state index is 5.44. The lowest BCUT2D eigenvalue weighted by Gasteiger charge is -2.33. The maximum absolute atomic E-state index is 5.44. The number of methoxy groups -OCH3 is 1. The van der Waals surface area contributed by atoms with E-state index in [9.17, 15) is 0 Å². The smallest absolute Gasteiger partial charge is 0.241 e. The van der Waals surface area contributed by atoms with Crippen LogP contribution in [0.2, 0.25) is 0 Å². The van der Waals surface area contributed by atoms with Crippen molar-refractivity contribution in [1.29, 1.82) is 0 Å². The Hall–Kier alpha value is -2.56. The Labute approximate surface area is 168 Å². The molecular weight excluding hydrogens is 378 g/mol. The highest BCUT2D eigenvalue weighted by molar-refractivity contribution is 7.71. The monoisotopic (exact) mass is 401 g/mol. The van der Waals surface area contributed by atoms with Crippen LogP contribution < -0.4 is 4.74 Å². The van der Waals surface area contributed by atoms with Crippen LogP contribution >= 0.6 is 12.2 Å². The van der Waals surface area contributed by atoms with Crippen LogP contribution in [-0.2, 0) is 20.3 Å². The van der Waals surface area contributed by atoms with Gasteiger partial charge in [0.05, 0.1) is 20.3 Å². The van der Waals surface area contributed by atoms with E-state index in [1.165, 1.54) is 0 Å². The summed E-state index contributed by atoms with van der Waals surface area (Å²) in [7, 11) is 3.56. The van der Waals surface area contributed by atoms with Gasteiger partial charge in [0.1, 0.15) is 12.1 Å². The zero-order valence-electron chi connectivity index (χ0n) is 16.0. The number of ether oxygens (including phenoxy) is 1. The van der Waals surface area contributed by atoms with Crippen molar-refractivity contribution < 1.29 is 9.26 Å². The second-order valence-corrected chi connectivity index (χ2v) is 7.16. The van der Waals surface area contributed by atoms with Crippen molar-refractivity contribution >= 4 is 12.2 Å². The number of rotatable bonds is 6. The third kappa shape index (κ3) is 4.13. The Morgan fingerprint density at radius 3 is 2.46 bits per heavy atom. The topological polar surface area (TPSA) is 77.4 Å². The van der Waals surface area contributed by atoms with Crippen LogP contribution in [0.3, 0.4) is 0 Å². The van der Waals surface area contributed by atoms with Gasteiger partial charge in [-0.25, -0.2) is 4.68 Å². The molecular formula is C18H23N7O2S. The molecule has 9 nitrogen and oxygen atoms in total. The fourth-order valence-electron chi connectivity index (χ4n) is 3.16. The van der Waals surface area contributed by atoms with Gasteiger partial charge >= 0.3 is 0 Å². The summed E-state index contributed by atoms with van der Waals surface area (Å²) < 4.78 is 15.1. The van der Waals surface area contributed by atoms with Crippen LogP contribution in [0.4, 0.5) is 0 Å². The maximum Gasteiger partial charge on any atom is 0.241 e. The number of nitrogens with zero attached hydrogens (tertiary/aromatic N) is 7. The summed E-state index contributed by atoms with van der Waals surface area (Å²) in [5.74, 6) is 2.03. The minimum Gasteiger partial charge on any atom is -0.497 e. The summed E-state index contributed by atoms with van der Waals surface area (Å²) in [6, 6.07) is 7.63. The average Bonchev–Trinajstić information content (AvgIpc) is 3.31. The quantitative estimate of drug-likeness (QED) is 0.579. The van der Waals surface area contributed by atoms with E-state index in [1.807, 2.05) is 40.6 Å². The molecule has 0 N–H and O–H groups in total. The fourth-order valence-corrected chi connectivity index (χ4v) is 3.32. The molecule has 1 aliphatic heterocycles. The molecule has 0 spiro atoms. The van der Waals surface area contributed by atoms with E-state index < -0.39 is 0 Å². The minimum absolute atomic E-state index is 0.598. The molecule has 3 heterocycles. The van der Waals surface area contributed by atoms with Crippen molar-refractivity contribution in [2.24, 2.45) is 7.05 Å². The lowest BCUT2D eigenvalue weighted by Crippen LogP contribution is -2.46. The molecule has 1 fully saturated rings. The summed E-state index contributed by atoms with van der Waals surface area (Å²) in [6.07, 6.45) is 1.74. The molecule has 0 radical (unpaired) electrons. The van der Waals surface area contributed by atoms with Crippen molar-refractivity contribution in [2.45, 2.75) is 13.2 Å². The highest BCUT2D eigenvalue weighted by Crippen LogP contribution is 2.20. The summed E-state index contributed by atoms with van der Waals surface area (Å²) >= 11 is 5.35. The van der Waals surface area contributed by atoms with Crippen LogP contribution in [0.5, 0.6) is 5.75 Å². The lowest BCUT2D eigenvalue weighted by molar-refractivity contribution is 0.0908. The van der Waals surface area contributed by atoms with Gasteiger partial charge < -0.3 is 13.8 Å². The first kappa shape index (κ1) is 18.8. The van der Waals surface area contributed by atoms with E-state index in [0.29, 0.717) is 18.3 Å². The van der Waals surface area contributed by atoms with Crippen LogP contribution in [0.15, 0.2) is 35.1 Å². The first-order valence-corrected chi connectivity index (χ1v) is 9.53. The second kappa shape index (κ2) is 8.21. The largest absolute Gasteiger partial charge is 0.497 e. The number of hydrogen-bond acceptors (Lipinski definition) is 8. The van der Waals surface area contributed by atoms with Gasteiger partial charge in [-0.3, -0.25) is 9.80 Å². The van der Waals surface area contributed by atoms with E-state index >= 15 is 0 Å². The Kier molecular flexibility index (Phi) is 5.51. The van der Waals surface area contributed by atoms with Crippen molar-refractivity contribution in [1.82, 2.24) is 34.3 Å². The van der Waals surface area contributed by atoms with E-state index in [1.54, 1.807) is 13.4 Å².